The summed E-state index contributed by atoms with van der Waals surface area (Å²) >= 11 is 1.15. The fourth-order valence-corrected chi connectivity index (χ4v) is 2.24. The van der Waals surface area contributed by atoms with E-state index in [4.69, 9.17) is 4.74 Å². The van der Waals surface area contributed by atoms with Gasteiger partial charge in [-0.1, -0.05) is 0 Å². The Bertz CT molecular complexity index is 533. The van der Waals surface area contributed by atoms with Crippen molar-refractivity contribution < 1.29 is 9.53 Å². The third-order valence-corrected chi connectivity index (χ3v) is 2.92. The summed E-state index contributed by atoms with van der Waals surface area (Å²) in [6.07, 6.45) is 0. The van der Waals surface area contributed by atoms with Crippen molar-refractivity contribution in [3.05, 3.63) is 22.8 Å². The van der Waals surface area contributed by atoms with Crippen LogP contribution in [0.25, 0.3) is 11.0 Å². The lowest BCUT2D eigenvalue weighted by Gasteiger charge is -2.07. The fraction of sp³-hybridized carbons (Fsp3) is 0.300. The molecular formula is C10H10N2O2S. The van der Waals surface area contributed by atoms with Gasteiger partial charge in [-0.2, -0.15) is 8.75 Å². The number of carbonyl (C=O) groups is 1. The summed E-state index contributed by atoms with van der Waals surface area (Å²) in [6, 6.07) is 1.86. The molecule has 1 aromatic heterocycles. The number of ether oxygens (including phenoxy) is 1. The third kappa shape index (κ3) is 1.48. The van der Waals surface area contributed by atoms with Crippen LogP contribution in [0.3, 0.4) is 0 Å². The number of nitrogens with zero attached hydrogens (tertiary/aromatic N) is 2. The maximum atomic E-state index is 11.6. The zero-order valence-electron chi connectivity index (χ0n) is 8.70. The Hall–Kier alpha value is -1.49. The van der Waals surface area contributed by atoms with Gasteiger partial charge in [-0.25, -0.2) is 4.79 Å². The van der Waals surface area contributed by atoms with Crippen LogP contribution in [0.5, 0.6) is 0 Å². The van der Waals surface area contributed by atoms with Gasteiger partial charge in [0.05, 0.1) is 24.4 Å². The highest BCUT2D eigenvalue weighted by atomic mass is 32.1. The van der Waals surface area contributed by atoms with Gasteiger partial charge in [0, 0.05) is 0 Å². The molecule has 0 aliphatic carbocycles. The van der Waals surface area contributed by atoms with Crippen LogP contribution in [-0.4, -0.2) is 21.8 Å². The second-order valence-corrected chi connectivity index (χ2v) is 3.85. The number of aromatic nitrogens is 2. The highest BCUT2D eigenvalue weighted by Crippen LogP contribution is 2.24. The summed E-state index contributed by atoms with van der Waals surface area (Å²) in [5.41, 5.74) is 3.93. The van der Waals surface area contributed by atoms with Crippen molar-refractivity contribution in [3.63, 3.8) is 0 Å². The second-order valence-electron chi connectivity index (χ2n) is 3.32. The Labute approximate surface area is 91.2 Å². The maximum absolute atomic E-state index is 11.6. The zero-order valence-corrected chi connectivity index (χ0v) is 9.51. The Morgan fingerprint density at radius 3 is 2.80 bits per heavy atom. The molecule has 2 aromatic rings. The minimum absolute atomic E-state index is 0.320. The summed E-state index contributed by atoms with van der Waals surface area (Å²) < 4.78 is 13.0. The van der Waals surface area contributed by atoms with Crippen LogP contribution in [0.4, 0.5) is 0 Å². The van der Waals surface area contributed by atoms with E-state index in [1.165, 1.54) is 7.11 Å². The van der Waals surface area contributed by atoms with Crippen LogP contribution in [0.15, 0.2) is 6.07 Å². The van der Waals surface area contributed by atoms with Gasteiger partial charge in [-0.15, -0.1) is 0 Å². The molecule has 15 heavy (non-hydrogen) atoms. The molecule has 0 unspecified atom stereocenters. The monoisotopic (exact) mass is 222 g/mol. The van der Waals surface area contributed by atoms with Gasteiger partial charge >= 0.3 is 5.97 Å². The van der Waals surface area contributed by atoms with E-state index in [1.807, 2.05) is 19.9 Å². The van der Waals surface area contributed by atoms with E-state index in [1.54, 1.807) is 0 Å². The molecule has 4 nitrogen and oxygen atoms in total. The smallest absolute Gasteiger partial charge is 0.338 e. The van der Waals surface area contributed by atoms with Crippen molar-refractivity contribution in [3.8, 4) is 0 Å². The molecule has 0 saturated carbocycles. The average Bonchev–Trinajstić information content (AvgIpc) is 2.65. The minimum atomic E-state index is -0.320. The number of hydrogen-bond acceptors (Lipinski definition) is 5. The minimum Gasteiger partial charge on any atom is -0.465 e. The normalized spacial score (nSPS) is 10.6. The van der Waals surface area contributed by atoms with Crippen molar-refractivity contribution >= 4 is 28.7 Å². The van der Waals surface area contributed by atoms with Gasteiger partial charge in [-0.05, 0) is 31.0 Å². The van der Waals surface area contributed by atoms with Crippen LogP contribution >= 0.6 is 11.7 Å². The van der Waals surface area contributed by atoms with E-state index in [9.17, 15) is 4.79 Å². The Kier molecular flexibility index (Phi) is 2.40. The quantitative estimate of drug-likeness (QED) is 0.693. The lowest BCUT2D eigenvalue weighted by molar-refractivity contribution is 0.0599. The average molecular weight is 222 g/mol. The predicted molar refractivity (Wildman–Crippen MR) is 58.2 cm³/mol. The molecule has 0 saturated heterocycles. The molecule has 0 bridgehead atoms. The molecule has 0 aliphatic rings. The molecule has 5 heteroatoms. The first-order valence-electron chi connectivity index (χ1n) is 4.46. The highest BCUT2D eigenvalue weighted by Gasteiger charge is 2.17. The van der Waals surface area contributed by atoms with E-state index in [-0.39, 0.29) is 5.97 Å². The summed E-state index contributed by atoms with van der Waals surface area (Å²) in [7, 11) is 1.38. The van der Waals surface area contributed by atoms with Crippen molar-refractivity contribution in [1.29, 1.82) is 0 Å². The Balaban J connectivity index is 2.78. The van der Waals surface area contributed by atoms with Crippen molar-refractivity contribution in [2.45, 2.75) is 13.8 Å². The molecule has 0 radical (unpaired) electrons. The maximum Gasteiger partial charge on any atom is 0.338 e. The van der Waals surface area contributed by atoms with Crippen LogP contribution < -0.4 is 0 Å². The summed E-state index contributed by atoms with van der Waals surface area (Å²) in [5, 5.41) is 0. The lowest BCUT2D eigenvalue weighted by Crippen LogP contribution is -2.06. The van der Waals surface area contributed by atoms with Gasteiger partial charge in [0.25, 0.3) is 0 Å². The standard InChI is InChI=1S/C10H10N2O2S/c1-5-4-7-9(12-15-11-7)6(2)8(5)10(13)14-3/h4H,1-3H3. The van der Waals surface area contributed by atoms with E-state index >= 15 is 0 Å². The molecule has 78 valence electrons. The number of benzene rings is 1. The summed E-state index contributed by atoms with van der Waals surface area (Å²) in [4.78, 5) is 11.6. The van der Waals surface area contributed by atoms with Gasteiger partial charge < -0.3 is 4.74 Å². The van der Waals surface area contributed by atoms with Gasteiger partial charge in [0.15, 0.2) is 0 Å². The molecular weight excluding hydrogens is 212 g/mol. The topological polar surface area (TPSA) is 52.1 Å². The number of esters is 1. The Morgan fingerprint density at radius 2 is 2.13 bits per heavy atom. The second kappa shape index (κ2) is 3.58. The molecule has 0 amide bonds. The molecule has 0 N–H and O–H groups in total. The molecule has 2 rings (SSSR count). The molecule has 0 spiro atoms. The largest absolute Gasteiger partial charge is 0.465 e. The first-order valence-corrected chi connectivity index (χ1v) is 5.19. The third-order valence-electron chi connectivity index (χ3n) is 2.38. The molecule has 0 fully saturated rings. The predicted octanol–water partition coefficient (Wildman–Crippen LogP) is 2.09. The van der Waals surface area contributed by atoms with Crippen molar-refractivity contribution in [1.82, 2.24) is 8.75 Å². The first-order chi connectivity index (χ1) is 7.15. The number of hydrogen-bond donors (Lipinski definition) is 0. The summed E-state index contributed by atoms with van der Waals surface area (Å²) in [6.45, 7) is 3.74. The molecule has 0 atom stereocenters. The summed E-state index contributed by atoms with van der Waals surface area (Å²) in [5.74, 6) is -0.320. The van der Waals surface area contributed by atoms with Crippen LogP contribution in [0.2, 0.25) is 0 Å². The van der Waals surface area contributed by atoms with E-state index in [2.05, 4.69) is 8.75 Å². The number of methoxy groups -OCH3 is 1. The zero-order chi connectivity index (χ0) is 11.0. The SMILES string of the molecule is COC(=O)c1c(C)cc2nsnc2c1C. The van der Waals surface area contributed by atoms with Crippen molar-refractivity contribution in [2.24, 2.45) is 0 Å². The van der Waals surface area contributed by atoms with Gasteiger partial charge in [0.2, 0.25) is 0 Å². The molecule has 0 aliphatic heterocycles. The number of rotatable bonds is 1. The number of carbonyl (C=O) groups excluding carboxylic acids is 1. The number of aryl methyl sites for hydroxylation is 2. The fourth-order valence-electron chi connectivity index (χ4n) is 1.66. The first kappa shape index (κ1) is 10.0. The highest BCUT2D eigenvalue weighted by molar-refractivity contribution is 7.00. The van der Waals surface area contributed by atoms with E-state index in [0.29, 0.717) is 5.56 Å². The van der Waals surface area contributed by atoms with Gasteiger partial charge in [0.1, 0.15) is 11.0 Å². The van der Waals surface area contributed by atoms with Crippen LogP contribution in [0, 0.1) is 13.8 Å². The van der Waals surface area contributed by atoms with Crippen molar-refractivity contribution in [2.75, 3.05) is 7.11 Å². The van der Waals surface area contributed by atoms with Crippen LogP contribution in [-0.2, 0) is 4.74 Å². The number of fused-ring (bicyclic) bond motifs is 1. The van der Waals surface area contributed by atoms with Gasteiger partial charge in [-0.3, -0.25) is 0 Å². The molecule has 1 aromatic carbocycles. The van der Waals surface area contributed by atoms with E-state index < -0.39 is 0 Å². The van der Waals surface area contributed by atoms with Crippen LogP contribution in [0.1, 0.15) is 21.5 Å². The lowest BCUT2D eigenvalue weighted by atomic mass is 10.0. The Morgan fingerprint density at radius 1 is 1.40 bits per heavy atom. The molecule has 1 heterocycles. The van der Waals surface area contributed by atoms with E-state index in [0.717, 1.165) is 33.9 Å².